The molecule has 1 unspecified atom stereocenters. The van der Waals surface area contributed by atoms with E-state index in [-0.39, 0.29) is 71.0 Å². The highest BCUT2D eigenvalue weighted by molar-refractivity contribution is 5.95. The second kappa shape index (κ2) is 28.9. The maximum absolute atomic E-state index is 14.7. The minimum Gasteiger partial charge on any atom is -0.343 e. The van der Waals surface area contributed by atoms with E-state index < -0.39 is 30.1 Å². The maximum atomic E-state index is 14.7. The zero-order valence-corrected chi connectivity index (χ0v) is 47.6. The lowest BCUT2D eigenvalue weighted by Gasteiger charge is -2.37. The summed E-state index contributed by atoms with van der Waals surface area (Å²) in [5, 5.41) is 12.2. The van der Waals surface area contributed by atoms with Crippen LogP contribution in [0, 0.1) is 29.4 Å². The van der Waals surface area contributed by atoms with Crippen LogP contribution in [-0.2, 0) is 36.8 Å². The van der Waals surface area contributed by atoms with Gasteiger partial charge in [-0.2, -0.15) is 0 Å². The normalized spacial score (nSPS) is 21.3. The molecule has 2 saturated heterocycles. The zero-order valence-electron chi connectivity index (χ0n) is 47.6. The van der Waals surface area contributed by atoms with Crippen LogP contribution >= 0.6 is 0 Å². The van der Waals surface area contributed by atoms with Gasteiger partial charge in [0.15, 0.2) is 0 Å². The summed E-state index contributed by atoms with van der Waals surface area (Å²) in [7, 11) is 3.46. The van der Waals surface area contributed by atoms with E-state index in [2.05, 4.69) is 27.3 Å². The summed E-state index contributed by atoms with van der Waals surface area (Å²) < 4.78 is 27.9. The molecule has 3 aromatic rings. The number of hydrogen-bond donors (Lipinski definition) is 4. The van der Waals surface area contributed by atoms with Crippen molar-refractivity contribution in [2.24, 2.45) is 17.8 Å². The Labute approximate surface area is 472 Å². The van der Waals surface area contributed by atoms with Crippen LogP contribution in [0.2, 0.25) is 0 Å². The van der Waals surface area contributed by atoms with Crippen LogP contribution < -0.4 is 21.3 Å². The van der Waals surface area contributed by atoms with Crippen LogP contribution in [0.5, 0.6) is 0 Å². The first-order valence-corrected chi connectivity index (χ1v) is 29.8. The van der Waals surface area contributed by atoms with Crippen molar-refractivity contribution in [3.63, 3.8) is 0 Å². The molecule has 0 bridgehead atoms. The van der Waals surface area contributed by atoms with Crippen molar-refractivity contribution < 1.29 is 37.5 Å². The van der Waals surface area contributed by atoms with E-state index in [1.807, 2.05) is 56.0 Å². The van der Waals surface area contributed by atoms with Crippen molar-refractivity contribution in [3.05, 3.63) is 125 Å². The first kappa shape index (κ1) is 59.9. The molecule has 16 heteroatoms. The highest BCUT2D eigenvalue weighted by Crippen LogP contribution is 2.33. The lowest BCUT2D eigenvalue weighted by Crippen LogP contribution is -2.57. The standard InChI is InChI=1S/C64H86F2N8O6/c1-43(67-3)59(75)69-57(49-13-7-5-8-14-49)63(79)73-37-11-17-55(73)41-71(39-35-45-19-31-53(65)32-20-45)61(77)51-27-23-47(24-28-51)48-25-29-52(30-26-48)62(78)72(40-36-46-21-33-54(66)34-22-46)42-56-18-12-38-74(56)64(80)58(50-15-9-6-10-16-50)70-60(76)44(2)68-4/h19-29,31-34,43-44,49-50,52,55-58,67-68H,5-18,30,35-42H2,1-4H3,(H,69,75)(H,70,76)/t43-,44-,52?,55-,56-,57-,58-/m0/s1. The topological polar surface area (TPSA) is 163 Å². The number of benzene rings is 3. The van der Waals surface area contributed by atoms with Gasteiger partial charge in [0, 0.05) is 56.9 Å². The Balaban J connectivity index is 0.957. The van der Waals surface area contributed by atoms with Gasteiger partial charge in [-0.1, -0.05) is 93.2 Å². The van der Waals surface area contributed by atoms with Crippen molar-refractivity contribution in [2.75, 3.05) is 53.4 Å². The van der Waals surface area contributed by atoms with Crippen molar-refractivity contribution in [1.82, 2.24) is 40.9 Å². The van der Waals surface area contributed by atoms with E-state index >= 15 is 0 Å². The summed E-state index contributed by atoms with van der Waals surface area (Å²) in [5.41, 5.74) is 4.07. The van der Waals surface area contributed by atoms with E-state index in [0.29, 0.717) is 64.1 Å². The molecule has 3 aliphatic carbocycles. The highest BCUT2D eigenvalue weighted by atomic mass is 19.1. The van der Waals surface area contributed by atoms with Gasteiger partial charge in [0.1, 0.15) is 23.7 Å². The smallest absolute Gasteiger partial charge is 0.253 e. The van der Waals surface area contributed by atoms with Gasteiger partial charge < -0.3 is 40.9 Å². The number of likely N-dealkylation sites (tertiary alicyclic amines) is 2. The van der Waals surface area contributed by atoms with Crippen LogP contribution in [0.15, 0.2) is 91.0 Å². The first-order valence-electron chi connectivity index (χ1n) is 29.8. The molecule has 4 fully saturated rings. The second-order valence-corrected chi connectivity index (χ2v) is 23.2. The minimum atomic E-state index is -0.641. The number of carbonyl (C=O) groups is 6. The lowest BCUT2D eigenvalue weighted by molar-refractivity contribution is -0.141. The fourth-order valence-electron chi connectivity index (χ4n) is 12.7. The van der Waals surface area contributed by atoms with Gasteiger partial charge in [-0.05, 0) is 169 Å². The largest absolute Gasteiger partial charge is 0.343 e. The second-order valence-electron chi connectivity index (χ2n) is 23.2. The van der Waals surface area contributed by atoms with E-state index in [9.17, 15) is 37.5 Å². The molecule has 80 heavy (non-hydrogen) atoms. The molecule has 0 aromatic heterocycles. The van der Waals surface area contributed by atoms with Gasteiger partial charge in [-0.3, -0.25) is 28.8 Å². The van der Waals surface area contributed by atoms with Crippen LogP contribution in [0.3, 0.4) is 0 Å². The van der Waals surface area contributed by atoms with Gasteiger partial charge in [0.2, 0.25) is 29.5 Å². The number of nitrogens with one attached hydrogen (secondary N) is 4. The van der Waals surface area contributed by atoms with Crippen LogP contribution in [-0.4, -0.2) is 145 Å². The minimum absolute atomic E-state index is 0.0423. The Kier molecular flexibility index (Phi) is 21.6. The van der Waals surface area contributed by atoms with Crippen molar-refractivity contribution >= 4 is 41.0 Å². The average Bonchev–Trinajstić information content (AvgIpc) is 4.18. The van der Waals surface area contributed by atoms with E-state index in [1.54, 1.807) is 52.2 Å². The van der Waals surface area contributed by atoms with Crippen molar-refractivity contribution in [2.45, 2.75) is 159 Å². The third-order valence-electron chi connectivity index (χ3n) is 17.9. The van der Waals surface area contributed by atoms with Crippen molar-refractivity contribution in [3.8, 4) is 0 Å². The summed E-state index contributed by atoms with van der Waals surface area (Å²) in [5.74, 6) is -1.85. The molecule has 14 nitrogen and oxygen atoms in total. The molecule has 2 aliphatic heterocycles. The molecule has 432 valence electrons. The van der Waals surface area contributed by atoms with E-state index in [1.165, 1.54) is 24.3 Å². The van der Waals surface area contributed by atoms with E-state index in [0.717, 1.165) is 112 Å². The summed E-state index contributed by atoms with van der Waals surface area (Å²) in [4.78, 5) is 92.6. The van der Waals surface area contributed by atoms with Crippen LogP contribution in [0.4, 0.5) is 8.78 Å². The number of rotatable bonds is 23. The maximum Gasteiger partial charge on any atom is 0.253 e. The summed E-state index contributed by atoms with van der Waals surface area (Å²) in [6, 6.07) is 17.4. The Bertz CT molecular complexity index is 2640. The monoisotopic (exact) mass is 1100 g/mol. The van der Waals surface area contributed by atoms with Gasteiger partial charge in [0.25, 0.3) is 5.91 Å². The van der Waals surface area contributed by atoms with Crippen LogP contribution in [0.1, 0.15) is 137 Å². The van der Waals surface area contributed by atoms with Crippen molar-refractivity contribution in [1.29, 1.82) is 0 Å². The molecule has 5 aliphatic rings. The number of carbonyl (C=O) groups excluding carboxylic acids is 6. The number of allylic oxidation sites excluding steroid dienone is 3. The van der Waals surface area contributed by atoms with Gasteiger partial charge >= 0.3 is 0 Å². The number of amides is 6. The molecule has 2 saturated carbocycles. The molecule has 0 spiro atoms. The molecule has 3 aromatic carbocycles. The zero-order chi connectivity index (χ0) is 56.7. The predicted octanol–water partition coefficient (Wildman–Crippen LogP) is 8.01. The Morgan fingerprint density at radius 2 is 1.02 bits per heavy atom. The molecule has 7 atom stereocenters. The molecular weight excluding hydrogens is 1010 g/mol. The average molecular weight is 1100 g/mol. The van der Waals surface area contributed by atoms with Crippen LogP contribution in [0.25, 0.3) is 5.57 Å². The highest BCUT2D eigenvalue weighted by Gasteiger charge is 2.42. The van der Waals surface area contributed by atoms with Gasteiger partial charge in [0.05, 0.1) is 18.0 Å². The fourth-order valence-corrected chi connectivity index (χ4v) is 12.7. The van der Waals surface area contributed by atoms with Gasteiger partial charge in [-0.25, -0.2) is 8.78 Å². The molecule has 8 rings (SSSR count). The molecule has 6 amide bonds. The Hall–Kier alpha value is -6.26. The molecule has 2 heterocycles. The SMILES string of the molecule is CN[C@@H](C)C(=O)N[C@H](C(=O)N1CCC[C@H]1CN(CCc1ccc(F)cc1)C(=O)c1ccc(C2=CCC(C(=O)N(CCc3ccc(F)cc3)C[C@@H]3CCCN3C(=O)[C@@H](NC(=O)[C@H](C)NC)C3CCCCC3)C=C2)cc1)C1CCCCC1. The summed E-state index contributed by atoms with van der Waals surface area (Å²) >= 11 is 0. The number of nitrogens with zero attached hydrogens (tertiary/aromatic N) is 4. The Morgan fingerprint density at radius 1 is 0.575 bits per heavy atom. The lowest BCUT2D eigenvalue weighted by atomic mass is 9.83. The summed E-state index contributed by atoms with van der Waals surface area (Å²) in [6.07, 6.45) is 20.2. The molecule has 0 radical (unpaired) electrons. The number of hydrogen-bond acceptors (Lipinski definition) is 8. The molecule has 4 N–H and O–H groups in total. The van der Waals surface area contributed by atoms with E-state index in [4.69, 9.17) is 0 Å². The number of likely N-dealkylation sites (N-methyl/N-ethyl adjacent to an activating group) is 2. The summed E-state index contributed by atoms with van der Waals surface area (Å²) in [6.45, 7) is 6.05. The number of halogens is 2. The van der Waals surface area contributed by atoms with Gasteiger partial charge in [-0.15, -0.1) is 0 Å². The quantitative estimate of drug-likeness (QED) is 0.0743. The predicted molar refractivity (Wildman–Crippen MR) is 308 cm³/mol. The Morgan fingerprint density at radius 3 is 1.46 bits per heavy atom. The molecular formula is C64H86F2N8O6. The third kappa shape index (κ3) is 15.6. The first-order chi connectivity index (χ1) is 38.7. The fraction of sp³-hybridized carbons (Fsp3) is 0.562. The third-order valence-corrected chi connectivity index (χ3v) is 17.9.